The van der Waals surface area contributed by atoms with Gasteiger partial charge in [0.2, 0.25) is 5.91 Å². The Hall–Kier alpha value is -1.44. The highest BCUT2D eigenvalue weighted by Crippen LogP contribution is 2.70. The molecule has 1 aromatic heterocycles. The molecule has 4 bridgehead atoms. The number of hydrogen-bond donors (Lipinski definition) is 1. The van der Waals surface area contributed by atoms with E-state index in [1.807, 2.05) is 23.2 Å². The van der Waals surface area contributed by atoms with Crippen LogP contribution in [0.25, 0.3) is 0 Å². The van der Waals surface area contributed by atoms with Crippen molar-refractivity contribution in [2.75, 3.05) is 19.8 Å². The van der Waals surface area contributed by atoms with E-state index >= 15 is 0 Å². The number of carbonyl (C=O) groups is 2. The number of thiophene rings is 1. The minimum atomic E-state index is -0.274. The zero-order valence-electron chi connectivity index (χ0n) is 18.4. The third-order valence-electron chi connectivity index (χ3n) is 8.95. The second kappa shape index (κ2) is 7.03. The third-order valence-corrected chi connectivity index (χ3v) is 10.3. The fourth-order valence-electron chi connectivity index (χ4n) is 7.61. The van der Waals surface area contributed by atoms with Gasteiger partial charge >= 0.3 is 0 Å². The number of nitrogens with zero attached hydrogens (tertiary/aromatic N) is 1. The van der Waals surface area contributed by atoms with Crippen molar-refractivity contribution < 1.29 is 19.1 Å². The van der Waals surface area contributed by atoms with E-state index in [1.165, 1.54) is 15.3 Å². The summed E-state index contributed by atoms with van der Waals surface area (Å²) in [5.41, 5.74) is 7.82. The van der Waals surface area contributed by atoms with Gasteiger partial charge in [-0.05, 0) is 75.2 Å². The largest absolute Gasteiger partial charge is 0.376 e. The molecule has 7 rings (SSSR count). The van der Waals surface area contributed by atoms with Crippen molar-refractivity contribution in [2.45, 2.75) is 70.6 Å². The number of rotatable bonds is 3. The molecule has 2 aliphatic heterocycles. The maximum atomic E-state index is 14.0. The number of fused-ring (bicyclic) bond motifs is 1. The Morgan fingerprint density at radius 2 is 1.94 bits per heavy atom. The van der Waals surface area contributed by atoms with Crippen LogP contribution in [0.3, 0.4) is 0 Å². The molecule has 0 radical (unpaired) electrons. The lowest BCUT2D eigenvalue weighted by molar-refractivity contribution is -0.129. The Bertz CT molecular complexity index is 926. The zero-order valence-corrected chi connectivity index (χ0v) is 19.2. The van der Waals surface area contributed by atoms with Crippen LogP contribution >= 0.6 is 11.3 Å². The summed E-state index contributed by atoms with van der Waals surface area (Å²) in [6, 6.07) is 0.0837. The van der Waals surface area contributed by atoms with Gasteiger partial charge in [-0.3, -0.25) is 9.59 Å². The van der Waals surface area contributed by atoms with Crippen LogP contribution in [0.5, 0.6) is 0 Å². The smallest absolute Gasteiger partial charge is 0.255 e. The lowest BCUT2D eigenvalue weighted by Gasteiger charge is -2.39. The van der Waals surface area contributed by atoms with E-state index in [-0.39, 0.29) is 29.4 Å². The second-order valence-corrected chi connectivity index (χ2v) is 11.8. The van der Waals surface area contributed by atoms with Gasteiger partial charge in [0.15, 0.2) is 0 Å². The summed E-state index contributed by atoms with van der Waals surface area (Å²) in [5, 5.41) is 0. The Morgan fingerprint density at radius 1 is 1.19 bits per heavy atom. The molecule has 4 saturated carbocycles. The van der Waals surface area contributed by atoms with Gasteiger partial charge in [-0.15, -0.1) is 11.3 Å². The molecule has 0 aromatic carbocycles. The van der Waals surface area contributed by atoms with E-state index in [9.17, 15) is 9.59 Å². The Balaban J connectivity index is 1.41. The SMILES string of the molecule is CC1CN(C(=O)c2c(C3C4CC5CC3CC5(C(N)=O)C4)sc3c2CCOC3)C(C)CO1. The predicted octanol–water partition coefficient (Wildman–Crippen LogP) is 3.08. The van der Waals surface area contributed by atoms with Crippen molar-refractivity contribution in [1.82, 2.24) is 4.90 Å². The molecule has 2 N–H and O–H groups in total. The van der Waals surface area contributed by atoms with E-state index in [0.29, 0.717) is 50.0 Å². The van der Waals surface area contributed by atoms with Crippen LogP contribution in [0.1, 0.15) is 71.1 Å². The van der Waals surface area contributed by atoms with Crippen LogP contribution in [0.15, 0.2) is 0 Å². The van der Waals surface area contributed by atoms with Crippen molar-refractivity contribution >= 4 is 23.2 Å². The summed E-state index contributed by atoms with van der Waals surface area (Å²) in [5.74, 6) is 1.87. The van der Waals surface area contributed by atoms with Gasteiger partial charge < -0.3 is 20.1 Å². The molecule has 1 saturated heterocycles. The standard InChI is InChI=1S/C24H32N2O4S/c1-12-10-30-13(2)9-26(12)22(27)20-17-3-4-29-11-18(17)31-21(20)19-14-5-16-6-15(19)8-24(16,7-14)23(25)28/h12-16,19H,3-11H2,1-2H3,(H2,25,28). The highest BCUT2D eigenvalue weighted by atomic mass is 32.1. The minimum absolute atomic E-state index is 0.0643. The summed E-state index contributed by atoms with van der Waals surface area (Å²) in [6.45, 7) is 6.66. The molecular weight excluding hydrogens is 412 g/mol. The summed E-state index contributed by atoms with van der Waals surface area (Å²) in [6.07, 6.45) is 4.87. The summed E-state index contributed by atoms with van der Waals surface area (Å²) in [7, 11) is 0. The molecular formula is C24H32N2O4S. The van der Waals surface area contributed by atoms with Crippen LogP contribution < -0.4 is 5.73 Å². The van der Waals surface area contributed by atoms with E-state index in [2.05, 4.69) is 6.92 Å². The van der Waals surface area contributed by atoms with E-state index in [4.69, 9.17) is 15.2 Å². The normalized spacial score (nSPS) is 40.9. The number of morpholine rings is 1. The van der Waals surface area contributed by atoms with E-state index in [1.54, 1.807) is 0 Å². The number of amides is 2. The first-order chi connectivity index (χ1) is 14.9. The van der Waals surface area contributed by atoms with Crippen molar-refractivity contribution in [3.05, 3.63) is 20.9 Å². The molecule has 6 aliphatic rings. The van der Waals surface area contributed by atoms with Crippen LogP contribution in [0.2, 0.25) is 0 Å². The number of hydrogen-bond acceptors (Lipinski definition) is 5. The zero-order chi connectivity index (χ0) is 21.5. The third kappa shape index (κ3) is 2.82. The predicted molar refractivity (Wildman–Crippen MR) is 117 cm³/mol. The first-order valence-electron chi connectivity index (χ1n) is 11.8. The van der Waals surface area contributed by atoms with Gasteiger partial charge in [0.05, 0.1) is 42.9 Å². The van der Waals surface area contributed by atoms with Gasteiger partial charge in [0.25, 0.3) is 5.91 Å². The average Bonchev–Trinajstić information content (AvgIpc) is 3.35. The first-order valence-corrected chi connectivity index (χ1v) is 12.7. The Labute approximate surface area is 187 Å². The van der Waals surface area contributed by atoms with Gasteiger partial charge in [-0.2, -0.15) is 0 Å². The van der Waals surface area contributed by atoms with Crippen molar-refractivity contribution in [1.29, 1.82) is 0 Å². The molecule has 0 spiro atoms. The van der Waals surface area contributed by atoms with Crippen LogP contribution in [-0.4, -0.2) is 48.6 Å². The first kappa shape index (κ1) is 20.2. The topological polar surface area (TPSA) is 81.9 Å². The fourth-order valence-corrected chi connectivity index (χ4v) is 9.18. The van der Waals surface area contributed by atoms with Crippen LogP contribution in [-0.2, 0) is 27.3 Å². The molecule has 4 atom stereocenters. The molecule has 4 unspecified atom stereocenters. The Kier molecular flexibility index (Phi) is 4.58. The van der Waals surface area contributed by atoms with E-state index < -0.39 is 0 Å². The number of carbonyl (C=O) groups excluding carboxylic acids is 2. The molecule has 4 aliphatic carbocycles. The molecule has 31 heavy (non-hydrogen) atoms. The second-order valence-electron chi connectivity index (χ2n) is 10.6. The molecule has 168 valence electrons. The summed E-state index contributed by atoms with van der Waals surface area (Å²) in [4.78, 5) is 30.9. The fraction of sp³-hybridized carbons (Fsp3) is 0.750. The van der Waals surface area contributed by atoms with Gasteiger partial charge in [-0.25, -0.2) is 0 Å². The Morgan fingerprint density at radius 3 is 2.61 bits per heavy atom. The van der Waals surface area contributed by atoms with Gasteiger partial charge in [-0.1, -0.05) is 0 Å². The lowest BCUT2D eigenvalue weighted by atomic mass is 9.67. The number of primary amides is 1. The number of nitrogens with two attached hydrogens (primary N) is 1. The number of ether oxygens (including phenoxy) is 2. The quantitative estimate of drug-likeness (QED) is 0.777. The summed E-state index contributed by atoms with van der Waals surface area (Å²) < 4.78 is 11.6. The minimum Gasteiger partial charge on any atom is -0.376 e. The molecule has 5 fully saturated rings. The monoisotopic (exact) mass is 444 g/mol. The van der Waals surface area contributed by atoms with Crippen molar-refractivity contribution in [3.8, 4) is 0 Å². The molecule has 1 aromatic rings. The van der Waals surface area contributed by atoms with Crippen LogP contribution in [0.4, 0.5) is 0 Å². The van der Waals surface area contributed by atoms with Crippen LogP contribution in [0, 0.1) is 23.2 Å². The summed E-state index contributed by atoms with van der Waals surface area (Å²) >= 11 is 1.82. The van der Waals surface area contributed by atoms with Crippen molar-refractivity contribution in [3.63, 3.8) is 0 Å². The molecule has 7 heteroatoms. The molecule has 3 heterocycles. The van der Waals surface area contributed by atoms with Crippen molar-refractivity contribution in [2.24, 2.45) is 28.9 Å². The van der Waals surface area contributed by atoms with Gasteiger partial charge in [0, 0.05) is 16.3 Å². The van der Waals surface area contributed by atoms with Gasteiger partial charge in [0.1, 0.15) is 0 Å². The highest BCUT2D eigenvalue weighted by Gasteiger charge is 2.65. The average molecular weight is 445 g/mol. The maximum absolute atomic E-state index is 14.0. The maximum Gasteiger partial charge on any atom is 0.255 e. The molecule has 6 nitrogen and oxygen atoms in total. The highest BCUT2D eigenvalue weighted by molar-refractivity contribution is 7.12. The molecule has 2 amide bonds. The lowest BCUT2D eigenvalue weighted by Crippen LogP contribution is -2.50. The van der Waals surface area contributed by atoms with E-state index in [0.717, 1.165) is 37.7 Å².